The maximum absolute atomic E-state index is 10.8. The molecule has 1 unspecified atom stereocenters. The van der Waals surface area contributed by atoms with Crippen molar-refractivity contribution in [1.82, 2.24) is 4.98 Å². The predicted molar refractivity (Wildman–Crippen MR) is 118 cm³/mol. The van der Waals surface area contributed by atoms with Crippen LogP contribution >= 0.6 is 0 Å². The van der Waals surface area contributed by atoms with Crippen LogP contribution in [-0.4, -0.2) is 35.0 Å². The zero-order chi connectivity index (χ0) is 21.5. The maximum atomic E-state index is 10.8. The third-order valence-corrected chi connectivity index (χ3v) is 6.31. The molecule has 4 rings (SSSR count). The number of fused-ring (bicyclic) bond motifs is 1. The molecule has 2 aliphatic rings. The Kier molecular flexibility index (Phi) is 7.18. The number of carboxylic acid groups (broad SMARTS) is 1. The number of aromatic nitrogens is 1. The largest absolute Gasteiger partial charge is 0.482 e. The predicted octanol–water partition coefficient (Wildman–Crippen LogP) is 4.65. The van der Waals surface area contributed by atoms with E-state index < -0.39 is 5.97 Å². The molecule has 0 amide bonds. The van der Waals surface area contributed by atoms with Gasteiger partial charge in [0.25, 0.3) is 0 Å². The highest BCUT2D eigenvalue weighted by atomic mass is 16.6. The number of hydrogen-bond donors (Lipinski definition) is 1. The van der Waals surface area contributed by atoms with Crippen molar-refractivity contribution in [2.75, 3.05) is 13.2 Å². The topological polar surface area (TPSA) is 81.0 Å². The van der Waals surface area contributed by atoms with Crippen molar-refractivity contribution >= 4 is 11.7 Å². The number of rotatable bonds is 8. The zero-order valence-corrected chi connectivity index (χ0v) is 17.8. The lowest BCUT2D eigenvalue weighted by atomic mass is 9.83. The van der Waals surface area contributed by atoms with Gasteiger partial charge in [-0.25, -0.2) is 4.79 Å². The summed E-state index contributed by atoms with van der Waals surface area (Å²) in [6.07, 6.45) is 12.5. The summed E-state index contributed by atoms with van der Waals surface area (Å²) in [6, 6.07) is 9.91. The molecule has 0 spiro atoms. The summed E-state index contributed by atoms with van der Waals surface area (Å²) >= 11 is 0. The van der Waals surface area contributed by atoms with E-state index in [0.717, 1.165) is 48.9 Å². The van der Waals surface area contributed by atoms with Crippen molar-refractivity contribution in [3.05, 3.63) is 59.4 Å². The van der Waals surface area contributed by atoms with Crippen molar-refractivity contribution < 1.29 is 19.5 Å². The molecule has 6 heteroatoms. The van der Waals surface area contributed by atoms with Crippen LogP contribution in [0.4, 0.5) is 0 Å². The summed E-state index contributed by atoms with van der Waals surface area (Å²) in [7, 11) is 0. The SMILES string of the molecule is O=C(O)COc1cccc2c1CCC(CON=C(c1cccnc1)C1CCCCC1)C2. The Hall–Kier alpha value is -2.89. The zero-order valence-electron chi connectivity index (χ0n) is 17.8. The average molecular weight is 423 g/mol. The summed E-state index contributed by atoms with van der Waals surface area (Å²) in [4.78, 5) is 21.0. The van der Waals surface area contributed by atoms with Gasteiger partial charge in [0.1, 0.15) is 12.4 Å². The van der Waals surface area contributed by atoms with Crippen LogP contribution in [0.5, 0.6) is 5.75 Å². The normalized spacial score (nSPS) is 19.5. The number of benzene rings is 1. The number of pyridine rings is 1. The first-order valence-electron chi connectivity index (χ1n) is 11.3. The second-order valence-corrected chi connectivity index (χ2v) is 8.53. The highest BCUT2D eigenvalue weighted by molar-refractivity contribution is 6.01. The maximum Gasteiger partial charge on any atom is 0.341 e. The molecule has 2 aromatic rings. The molecule has 1 saturated carbocycles. The molecule has 0 saturated heterocycles. The van der Waals surface area contributed by atoms with E-state index in [-0.39, 0.29) is 6.61 Å². The van der Waals surface area contributed by atoms with E-state index in [4.69, 9.17) is 14.7 Å². The van der Waals surface area contributed by atoms with Crippen molar-refractivity contribution in [1.29, 1.82) is 0 Å². The minimum absolute atomic E-state index is 0.310. The second kappa shape index (κ2) is 10.4. The first-order chi connectivity index (χ1) is 15.2. The lowest BCUT2D eigenvalue weighted by molar-refractivity contribution is -0.139. The summed E-state index contributed by atoms with van der Waals surface area (Å²) < 4.78 is 5.47. The number of carbonyl (C=O) groups is 1. The number of hydrogen-bond acceptors (Lipinski definition) is 5. The summed E-state index contributed by atoms with van der Waals surface area (Å²) in [5.74, 6) is 0.555. The van der Waals surface area contributed by atoms with Crippen molar-refractivity contribution in [2.45, 2.75) is 51.4 Å². The number of aliphatic carboxylic acids is 1. The first kappa shape index (κ1) is 21.3. The number of ether oxygens (including phenoxy) is 1. The van der Waals surface area contributed by atoms with Crippen molar-refractivity contribution in [3.8, 4) is 5.75 Å². The van der Waals surface area contributed by atoms with Crippen LogP contribution < -0.4 is 4.74 Å². The monoisotopic (exact) mass is 422 g/mol. The molecule has 0 radical (unpaired) electrons. The van der Waals surface area contributed by atoms with Crippen LogP contribution in [0.2, 0.25) is 0 Å². The van der Waals surface area contributed by atoms with Gasteiger partial charge in [-0.1, -0.05) is 36.6 Å². The van der Waals surface area contributed by atoms with E-state index in [0.29, 0.717) is 24.2 Å². The van der Waals surface area contributed by atoms with Crippen LogP contribution in [0.3, 0.4) is 0 Å². The third-order valence-electron chi connectivity index (χ3n) is 6.31. The van der Waals surface area contributed by atoms with Crippen molar-refractivity contribution in [2.24, 2.45) is 17.0 Å². The molecule has 1 fully saturated rings. The Morgan fingerprint density at radius 2 is 2.00 bits per heavy atom. The Labute approximate surface area is 183 Å². The van der Waals surface area contributed by atoms with Gasteiger partial charge in [-0.05, 0) is 61.4 Å². The molecule has 31 heavy (non-hydrogen) atoms. The van der Waals surface area contributed by atoms with Gasteiger partial charge in [0.15, 0.2) is 6.61 Å². The lowest BCUT2D eigenvalue weighted by Gasteiger charge is -2.26. The van der Waals surface area contributed by atoms with Gasteiger partial charge in [-0.15, -0.1) is 0 Å². The Balaban J connectivity index is 1.40. The molecule has 1 N–H and O–H groups in total. The van der Waals surface area contributed by atoms with E-state index in [1.165, 1.54) is 24.8 Å². The average Bonchev–Trinajstić information content (AvgIpc) is 2.81. The Morgan fingerprint density at radius 1 is 1.13 bits per heavy atom. The molecular formula is C25H30N2O4. The molecule has 2 aliphatic carbocycles. The van der Waals surface area contributed by atoms with Gasteiger partial charge in [0, 0.05) is 29.8 Å². The molecular weight excluding hydrogens is 392 g/mol. The quantitative estimate of drug-likeness (QED) is 0.495. The van der Waals surface area contributed by atoms with Gasteiger partial charge in [0.05, 0.1) is 5.71 Å². The fraction of sp³-hybridized carbons (Fsp3) is 0.480. The van der Waals surface area contributed by atoms with E-state index in [1.807, 2.05) is 24.4 Å². The van der Waals surface area contributed by atoms with Crippen molar-refractivity contribution in [3.63, 3.8) is 0 Å². The fourth-order valence-electron chi connectivity index (χ4n) is 4.73. The molecule has 164 valence electrons. The van der Waals surface area contributed by atoms with E-state index in [1.54, 1.807) is 6.20 Å². The molecule has 0 bridgehead atoms. The standard InChI is InChI=1S/C25H30N2O4/c28-24(29)17-30-23-10-4-8-20-14-18(11-12-22(20)23)16-31-27-25(19-6-2-1-3-7-19)21-9-5-13-26-15-21/h4-5,8-10,13,15,18-19H,1-3,6-7,11-12,14,16-17H2,(H,28,29). The number of carboxylic acids is 1. The Bertz CT molecular complexity index is 907. The summed E-state index contributed by atoms with van der Waals surface area (Å²) in [5.41, 5.74) is 4.44. The van der Waals surface area contributed by atoms with E-state index in [2.05, 4.69) is 22.3 Å². The van der Waals surface area contributed by atoms with Gasteiger partial charge >= 0.3 is 5.97 Å². The fourth-order valence-corrected chi connectivity index (χ4v) is 4.73. The minimum Gasteiger partial charge on any atom is -0.482 e. The van der Waals surface area contributed by atoms with Crippen LogP contribution in [0.15, 0.2) is 47.9 Å². The molecule has 1 heterocycles. The van der Waals surface area contributed by atoms with E-state index >= 15 is 0 Å². The van der Waals surface area contributed by atoms with Gasteiger partial charge in [-0.2, -0.15) is 0 Å². The molecule has 1 aromatic carbocycles. The van der Waals surface area contributed by atoms with Crippen LogP contribution in [0.25, 0.3) is 0 Å². The minimum atomic E-state index is -0.958. The van der Waals surface area contributed by atoms with Crippen LogP contribution in [0.1, 0.15) is 55.2 Å². The molecule has 0 aliphatic heterocycles. The number of nitrogens with zero attached hydrogens (tertiary/aromatic N) is 2. The highest BCUT2D eigenvalue weighted by Crippen LogP contribution is 2.33. The third kappa shape index (κ3) is 5.63. The first-order valence-corrected chi connectivity index (χ1v) is 11.3. The van der Waals surface area contributed by atoms with Gasteiger partial charge in [0.2, 0.25) is 0 Å². The van der Waals surface area contributed by atoms with Gasteiger partial charge in [-0.3, -0.25) is 4.98 Å². The summed E-state index contributed by atoms with van der Waals surface area (Å²) in [5, 5.41) is 13.5. The molecule has 1 atom stereocenters. The second-order valence-electron chi connectivity index (χ2n) is 8.53. The molecule has 6 nitrogen and oxygen atoms in total. The molecule has 1 aromatic heterocycles. The van der Waals surface area contributed by atoms with Gasteiger partial charge < -0.3 is 14.7 Å². The lowest BCUT2D eigenvalue weighted by Crippen LogP contribution is -2.22. The van der Waals surface area contributed by atoms with Crippen LogP contribution in [-0.2, 0) is 22.5 Å². The highest BCUT2D eigenvalue weighted by Gasteiger charge is 2.24. The smallest absolute Gasteiger partial charge is 0.341 e. The summed E-state index contributed by atoms with van der Waals surface area (Å²) in [6.45, 7) is 0.270. The number of oxime groups is 1. The Morgan fingerprint density at radius 3 is 2.77 bits per heavy atom. The van der Waals surface area contributed by atoms with Crippen LogP contribution in [0, 0.1) is 11.8 Å². The van der Waals surface area contributed by atoms with E-state index in [9.17, 15) is 4.79 Å².